The maximum absolute atomic E-state index is 13.4. The number of carbonyl (C=O) groups is 2. The number of hydrogen-bond acceptors (Lipinski definition) is 5. The van der Waals surface area contributed by atoms with Crippen molar-refractivity contribution in [2.45, 2.75) is 13.0 Å². The van der Waals surface area contributed by atoms with Crippen molar-refractivity contribution >= 4 is 57.9 Å². The van der Waals surface area contributed by atoms with Crippen molar-refractivity contribution in [3.8, 4) is 11.5 Å². The number of rotatable bonds is 5. The second-order valence-electron chi connectivity index (χ2n) is 7.87. The van der Waals surface area contributed by atoms with E-state index in [-0.39, 0.29) is 26.9 Å². The molecule has 1 fully saturated rings. The number of anilines is 1. The van der Waals surface area contributed by atoms with E-state index < -0.39 is 23.5 Å². The fraction of sp³-hybridized carbons (Fsp3) is 0.154. The number of aryl methyl sites for hydroxylation is 1. The van der Waals surface area contributed by atoms with Crippen LogP contribution in [0.15, 0.2) is 60.2 Å². The van der Waals surface area contributed by atoms with Crippen LogP contribution < -0.4 is 14.4 Å². The highest BCUT2D eigenvalue weighted by Gasteiger charge is 2.47. The number of hydrogen-bond donors (Lipinski definition) is 1. The van der Waals surface area contributed by atoms with E-state index in [1.165, 1.54) is 31.3 Å². The number of Topliss-reactive ketones (excluding diaryl/α,β-unsaturated/α-hetero) is 1. The smallest absolute Gasteiger partial charge is 0.300 e. The van der Waals surface area contributed by atoms with Crippen LogP contribution in [-0.2, 0) is 9.59 Å². The largest absolute Gasteiger partial charge is 0.507 e. The highest BCUT2D eigenvalue weighted by atomic mass is 35.5. The van der Waals surface area contributed by atoms with Crippen molar-refractivity contribution in [1.29, 1.82) is 0 Å². The van der Waals surface area contributed by atoms with Crippen LogP contribution in [0.5, 0.6) is 11.5 Å². The van der Waals surface area contributed by atoms with Crippen molar-refractivity contribution in [1.82, 2.24) is 0 Å². The maximum atomic E-state index is 13.4. The SMILES string of the molecule is COc1cc(OC)c(/C(O)=C2\C(=O)C(=O)N(c3cccc(C)c3)C2c2ccc(Cl)c(Cl)c2)cc1Cl. The van der Waals surface area contributed by atoms with Gasteiger partial charge in [0, 0.05) is 11.8 Å². The van der Waals surface area contributed by atoms with Crippen molar-refractivity contribution in [3.05, 3.63) is 91.9 Å². The van der Waals surface area contributed by atoms with Crippen molar-refractivity contribution in [2.75, 3.05) is 19.1 Å². The number of carbonyl (C=O) groups excluding carboxylic acids is 2. The van der Waals surface area contributed by atoms with Crippen LogP contribution in [-0.4, -0.2) is 31.0 Å². The Morgan fingerprint density at radius 2 is 1.60 bits per heavy atom. The molecule has 1 saturated heterocycles. The Balaban J connectivity index is 2.01. The van der Waals surface area contributed by atoms with E-state index in [1.807, 2.05) is 13.0 Å². The van der Waals surface area contributed by atoms with Crippen LogP contribution in [0.1, 0.15) is 22.7 Å². The molecule has 9 heteroatoms. The molecule has 1 amide bonds. The van der Waals surface area contributed by atoms with Gasteiger partial charge in [-0.25, -0.2) is 0 Å². The summed E-state index contributed by atoms with van der Waals surface area (Å²) in [5.74, 6) is -1.59. The van der Waals surface area contributed by atoms with Gasteiger partial charge in [0.15, 0.2) is 0 Å². The van der Waals surface area contributed by atoms with E-state index >= 15 is 0 Å². The Bertz CT molecular complexity index is 1390. The number of ether oxygens (including phenoxy) is 2. The number of methoxy groups -OCH3 is 2. The summed E-state index contributed by atoms with van der Waals surface area (Å²) >= 11 is 18.7. The number of benzene rings is 3. The van der Waals surface area contributed by atoms with E-state index in [1.54, 1.807) is 36.4 Å². The molecule has 180 valence electrons. The zero-order valence-electron chi connectivity index (χ0n) is 18.9. The molecule has 0 saturated carbocycles. The molecule has 1 atom stereocenters. The van der Waals surface area contributed by atoms with Gasteiger partial charge in [-0.1, -0.05) is 53.0 Å². The normalized spacial score (nSPS) is 17.1. The molecule has 4 rings (SSSR count). The van der Waals surface area contributed by atoms with E-state index in [9.17, 15) is 14.7 Å². The molecule has 6 nitrogen and oxygen atoms in total. The molecule has 1 N–H and O–H groups in total. The third-order valence-corrected chi connectivity index (χ3v) is 6.75. The Labute approximate surface area is 217 Å². The number of aliphatic hydroxyl groups is 1. The number of ketones is 1. The second kappa shape index (κ2) is 9.82. The molecule has 35 heavy (non-hydrogen) atoms. The first-order valence-electron chi connectivity index (χ1n) is 10.4. The lowest BCUT2D eigenvalue weighted by molar-refractivity contribution is -0.132. The zero-order valence-corrected chi connectivity index (χ0v) is 21.2. The number of aliphatic hydroxyl groups excluding tert-OH is 1. The van der Waals surface area contributed by atoms with Gasteiger partial charge in [-0.15, -0.1) is 0 Å². The maximum Gasteiger partial charge on any atom is 0.300 e. The van der Waals surface area contributed by atoms with Crippen molar-refractivity contribution in [2.24, 2.45) is 0 Å². The molecule has 0 aromatic heterocycles. The van der Waals surface area contributed by atoms with Gasteiger partial charge >= 0.3 is 0 Å². The van der Waals surface area contributed by atoms with Gasteiger partial charge in [0.1, 0.15) is 17.3 Å². The predicted octanol–water partition coefficient (Wildman–Crippen LogP) is 6.60. The number of nitrogens with zero attached hydrogens (tertiary/aromatic N) is 1. The molecule has 1 aliphatic rings. The third kappa shape index (κ3) is 4.45. The van der Waals surface area contributed by atoms with Crippen LogP contribution >= 0.6 is 34.8 Å². The summed E-state index contributed by atoms with van der Waals surface area (Å²) in [5.41, 5.74) is 1.85. The second-order valence-corrected chi connectivity index (χ2v) is 9.09. The lowest BCUT2D eigenvalue weighted by Gasteiger charge is -2.26. The monoisotopic (exact) mass is 531 g/mol. The Morgan fingerprint density at radius 1 is 0.886 bits per heavy atom. The zero-order chi connectivity index (χ0) is 25.4. The molecule has 0 bridgehead atoms. The van der Waals surface area contributed by atoms with Crippen LogP contribution in [0.3, 0.4) is 0 Å². The molecule has 0 spiro atoms. The molecular formula is C26H20Cl3NO5. The predicted molar refractivity (Wildman–Crippen MR) is 137 cm³/mol. The minimum atomic E-state index is -0.989. The Kier molecular flexibility index (Phi) is 6.99. The van der Waals surface area contributed by atoms with Crippen molar-refractivity contribution in [3.63, 3.8) is 0 Å². The number of halogens is 3. The van der Waals surface area contributed by atoms with Gasteiger partial charge < -0.3 is 14.6 Å². The van der Waals surface area contributed by atoms with Gasteiger partial charge in [-0.05, 0) is 48.4 Å². The average molecular weight is 533 g/mol. The highest BCUT2D eigenvalue weighted by molar-refractivity contribution is 6.52. The first-order valence-corrected chi connectivity index (χ1v) is 11.6. The van der Waals surface area contributed by atoms with Gasteiger partial charge in [0.25, 0.3) is 11.7 Å². The van der Waals surface area contributed by atoms with Crippen LogP contribution in [0.4, 0.5) is 5.69 Å². The van der Waals surface area contributed by atoms with E-state index in [2.05, 4.69) is 0 Å². The van der Waals surface area contributed by atoms with Gasteiger partial charge in [-0.3, -0.25) is 14.5 Å². The van der Waals surface area contributed by atoms with Crippen LogP contribution in [0, 0.1) is 6.92 Å². The Hall–Kier alpha value is -3.19. The molecule has 1 heterocycles. The summed E-state index contributed by atoms with van der Waals surface area (Å²) in [4.78, 5) is 28.0. The minimum Gasteiger partial charge on any atom is -0.507 e. The summed E-state index contributed by atoms with van der Waals surface area (Å²) < 4.78 is 10.6. The van der Waals surface area contributed by atoms with E-state index in [0.29, 0.717) is 22.0 Å². The average Bonchev–Trinajstić information content (AvgIpc) is 3.10. The summed E-state index contributed by atoms with van der Waals surface area (Å²) in [6.07, 6.45) is 0. The quantitative estimate of drug-likeness (QED) is 0.228. The molecule has 0 radical (unpaired) electrons. The standard InChI is InChI=1S/C26H20Cl3NO5/c1-13-5-4-6-15(9-13)30-23(14-7-8-17(27)18(28)10-14)22(25(32)26(30)33)24(31)16-11-19(29)21(35-3)12-20(16)34-2/h4-12,23,31H,1-3H3/b24-22+. The highest BCUT2D eigenvalue weighted by Crippen LogP contribution is 2.45. The Morgan fingerprint density at radius 3 is 2.23 bits per heavy atom. The fourth-order valence-corrected chi connectivity index (χ4v) is 4.61. The van der Waals surface area contributed by atoms with Gasteiger partial charge in [0.05, 0.1) is 46.5 Å². The van der Waals surface area contributed by atoms with Crippen LogP contribution in [0.2, 0.25) is 15.1 Å². The summed E-state index contributed by atoms with van der Waals surface area (Å²) in [7, 11) is 2.85. The minimum absolute atomic E-state index is 0.130. The van der Waals surface area contributed by atoms with Gasteiger partial charge in [0.2, 0.25) is 0 Å². The van der Waals surface area contributed by atoms with E-state index in [0.717, 1.165) is 5.56 Å². The third-order valence-electron chi connectivity index (χ3n) is 5.71. The molecule has 3 aromatic carbocycles. The van der Waals surface area contributed by atoms with Crippen molar-refractivity contribution < 1.29 is 24.2 Å². The molecule has 1 aliphatic heterocycles. The topological polar surface area (TPSA) is 76.1 Å². The molecule has 3 aromatic rings. The summed E-state index contributed by atoms with van der Waals surface area (Å²) in [6, 6.07) is 13.9. The van der Waals surface area contributed by atoms with Gasteiger partial charge in [-0.2, -0.15) is 0 Å². The molecular weight excluding hydrogens is 513 g/mol. The number of amides is 1. The molecule has 1 unspecified atom stereocenters. The summed E-state index contributed by atoms with van der Waals surface area (Å²) in [6.45, 7) is 1.87. The fourth-order valence-electron chi connectivity index (χ4n) is 4.06. The lowest BCUT2D eigenvalue weighted by Crippen LogP contribution is -2.29. The first-order chi connectivity index (χ1) is 16.7. The van der Waals surface area contributed by atoms with E-state index in [4.69, 9.17) is 44.3 Å². The molecule has 0 aliphatic carbocycles. The van der Waals surface area contributed by atoms with Crippen LogP contribution in [0.25, 0.3) is 5.76 Å². The lowest BCUT2D eigenvalue weighted by atomic mass is 9.94. The summed E-state index contributed by atoms with van der Waals surface area (Å²) in [5, 5.41) is 12.2. The first kappa shape index (κ1) is 24.9.